The molecule has 4 nitrogen and oxygen atoms in total. The molecule has 0 fully saturated rings. The Hall–Kier alpha value is -1.55. The molecule has 2 N–H and O–H groups in total. The molecule has 0 heterocycles. The maximum absolute atomic E-state index is 11.9. The first kappa shape index (κ1) is 15.5. The summed E-state index contributed by atoms with van der Waals surface area (Å²) < 4.78 is 5.67. The number of hydrogen-bond donors (Lipinski definition) is 2. The number of ether oxygens (including phenoxy) is 1. The highest BCUT2D eigenvalue weighted by Gasteiger charge is 2.07. The Labute approximate surface area is 115 Å². The summed E-state index contributed by atoms with van der Waals surface area (Å²) in [4.78, 5) is 11.9. The molecule has 1 aromatic carbocycles. The molecule has 1 amide bonds. The monoisotopic (exact) mass is 264 g/mol. The molecular weight excluding hydrogens is 240 g/mol. The molecule has 19 heavy (non-hydrogen) atoms. The third-order valence-electron chi connectivity index (χ3n) is 3.09. The highest BCUT2D eigenvalue weighted by atomic mass is 16.5. The molecule has 0 aromatic heterocycles. The first-order valence-corrected chi connectivity index (χ1v) is 6.79. The Kier molecular flexibility index (Phi) is 6.36. The van der Waals surface area contributed by atoms with Gasteiger partial charge >= 0.3 is 0 Å². The van der Waals surface area contributed by atoms with Crippen molar-refractivity contribution in [1.82, 2.24) is 10.6 Å². The first-order chi connectivity index (χ1) is 9.06. The summed E-state index contributed by atoms with van der Waals surface area (Å²) in [5, 5.41) is 5.95. The van der Waals surface area contributed by atoms with Crippen molar-refractivity contribution in [2.45, 2.75) is 39.3 Å². The van der Waals surface area contributed by atoms with Gasteiger partial charge in [-0.25, -0.2) is 0 Å². The lowest BCUT2D eigenvalue weighted by Gasteiger charge is -2.13. The Morgan fingerprint density at radius 2 is 1.89 bits per heavy atom. The largest absolute Gasteiger partial charge is 0.491 e. The van der Waals surface area contributed by atoms with E-state index in [9.17, 15) is 4.79 Å². The third-order valence-corrected chi connectivity index (χ3v) is 3.09. The predicted octanol–water partition coefficient (Wildman–Crippen LogP) is 2.20. The van der Waals surface area contributed by atoms with Crippen LogP contribution >= 0.6 is 0 Å². The lowest BCUT2D eigenvalue weighted by Crippen LogP contribution is -2.37. The minimum atomic E-state index is -0.0582. The number of likely N-dealkylation sites (N-methyl/N-ethyl adjacent to an activating group) is 1. The van der Waals surface area contributed by atoms with Crippen LogP contribution in [0.15, 0.2) is 24.3 Å². The summed E-state index contributed by atoms with van der Waals surface area (Å²) in [6, 6.07) is 7.51. The van der Waals surface area contributed by atoms with Gasteiger partial charge in [0.25, 0.3) is 5.91 Å². The van der Waals surface area contributed by atoms with Crippen molar-refractivity contribution in [2.75, 3.05) is 13.6 Å². The van der Waals surface area contributed by atoms with Crippen molar-refractivity contribution in [3.05, 3.63) is 29.8 Å². The van der Waals surface area contributed by atoms with Gasteiger partial charge in [0.1, 0.15) is 5.75 Å². The second-order valence-electron chi connectivity index (χ2n) is 4.76. The molecule has 1 rings (SSSR count). The fraction of sp³-hybridized carbons (Fsp3) is 0.533. The number of benzene rings is 1. The topological polar surface area (TPSA) is 50.4 Å². The second-order valence-corrected chi connectivity index (χ2v) is 4.76. The van der Waals surface area contributed by atoms with E-state index in [-0.39, 0.29) is 18.1 Å². The van der Waals surface area contributed by atoms with E-state index < -0.39 is 0 Å². The molecule has 0 aliphatic carbocycles. The lowest BCUT2D eigenvalue weighted by atomic mass is 10.2. The fourth-order valence-corrected chi connectivity index (χ4v) is 1.45. The summed E-state index contributed by atoms with van der Waals surface area (Å²) in [5.74, 6) is 0.742. The highest BCUT2D eigenvalue weighted by molar-refractivity contribution is 5.94. The van der Waals surface area contributed by atoms with E-state index in [1.807, 2.05) is 33.0 Å². The van der Waals surface area contributed by atoms with E-state index in [2.05, 4.69) is 17.6 Å². The maximum atomic E-state index is 11.9. The van der Waals surface area contributed by atoms with Crippen LogP contribution in [0.5, 0.6) is 5.75 Å². The molecule has 0 saturated heterocycles. The lowest BCUT2D eigenvalue weighted by molar-refractivity contribution is 0.0950. The van der Waals surface area contributed by atoms with Crippen molar-refractivity contribution in [3.8, 4) is 5.75 Å². The normalized spacial score (nSPS) is 13.7. The van der Waals surface area contributed by atoms with Gasteiger partial charge in [-0.05, 0) is 51.6 Å². The molecular formula is C15H24N2O2. The van der Waals surface area contributed by atoms with Crippen LogP contribution < -0.4 is 15.4 Å². The van der Waals surface area contributed by atoms with Gasteiger partial charge in [-0.15, -0.1) is 0 Å². The SMILES string of the molecule is CCC(C)Oc1ccc(C(=O)NCC(C)NC)cc1. The molecule has 2 atom stereocenters. The minimum absolute atomic E-state index is 0.0582. The van der Waals surface area contributed by atoms with E-state index in [1.54, 1.807) is 12.1 Å². The molecule has 106 valence electrons. The standard InChI is InChI=1S/C15H24N2O2/c1-5-12(3)19-14-8-6-13(7-9-14)15(18)17-10-11(2)16-4/h6-9,11-12,16H,5,10H2,1-4H3,(H,17,18). The van der Waals surface area contributed by atoms with Crippen molar-refractivity contribution in [1.29, 1.82) is 0 Å². The summed E-state index contributed by atoms with van der Waals surface area (Å²) in [5.41, 5.74) is 0.653. The highest BCUT2D eigenvalue weighted by Crippen LogP contribution is 2.14. The van der Waals surface area contributed by atoms with Gasteiger partial charge < -0.3 is 15.4 Å². The number of nitrogens with one attached hydrogen (secondary N) is 2. The Bertz CT molecular complexity index is 390. The number of amides is 1. The molecule has 2 unspecified atom stereocenters. The van der Waals surface area contributed by atoms with Gasteiger partial charge in [-0.3, -0.25) is 4.79 Å². The second kappa shape index (κ2) is 7.79. The van der Waals surface area contributed by atoms with E-state index in [4.69, 9.17) is 4.74 Å². The Morgan fingerprint density at radius 1 is 1.26 bits per heavy atom. The molecule has 0 aliphatic heterocycles. The Morgan fingerprint density at radius 3 is 2.42 bits per heavy atom. The first-order valence-electron chi connectivity index (χ1n) is 6.79. The number of carbonyl (C=O) groups is 1. The van der Waals surface area contributed by atoms with Gasteiger partial charge in [-0.1, -0.05) is 6.92 Å². The molecule has 1 aromatic rings. The molecule has 0 aliphatic rings. The van der Waals surface area contributed by atoms with E-state index in [0.29, 0.717) is 12.1 Å². The van der Waals surface area contributed by atoms with Crippen LogP contribution in [0.25, 0.3) is 0 Å². The third kappa shape index (κ3) is 5.30. The zero-order chi connectivity index (χ0) is 14.3. The van der Waals surface area contributed by atoms with Gasteiger partial charge in [0.2, 0.25) is 0 Å². The van der Waals surface area contributed by atoms with Crippen LogP contribution in [0, 0.1) is 0 Å². The average Bonchev–Trinajstić information content (AvgIpc) is 2.44. The van der Waals surface area contributed by atoms with Gasteiger partial charge in [0.15, 0.2) is 0 Å². The maximum Gasteiger partial charge on any atom is 0.251 e. The fourth-order valence-electron chi connectivity index (χ4n) is 1.45. The van der Waals surface area contributed by atoms with Crippen LogP contribution in [0.4, 0.5) is 0 Å². The van der Waals surface area contributed by atoms with Crippen LogP contribution in [0.1, 0.15) is 37.6 Å². The summed E-state index contributed by atoms with van der Waals surface area (Å²) >= 11 is 0. The molecule has 0 saturated carbocycles. The van der Waals surface area contributed by atoms with E-state index in [1.165, 1.54) is 0 Å². The van der Waals surface area contributed by atoms with Crippen molar-refractivity contribution >= 4 is 5.91 Å². The van der Waals surface area contributed by atoms with Crippen LogP contribution in [-0.4, -0.2) is 31.6 Å². The number of rotatable bonds is 7. The zero-order valence-electron chi connectivity index (χ0n) is 12.2. The summed E-state index contributed by atoms with van der Waals surface area (Å²) in [6.07, 6.45) is 1.15. The predicted molar refractivity (Wildman–Crippen MR) is 77.7 cm³/mol. The molecule has 0 radical (unpaired) electrons. The van der Waals surface area contributed by atoms with Crippen molar-refractivity contribution in [3.63, 3.8) is 0 Å². The van der Waals surface area contributed by atoms with Crippen LogP contribution in [0.3, 0.4) is 0 Å². The van der Waals surface area contributed by atoms with E-state index in [0.717, 1.165) is 12.2 Å². The summed E-state index contributed by atoms with van der Waals surface area (Å²) in [6.45, 7) is 6.74. The molecule has 0 bridgehead atoms. The zero-order valence-corrected chi connectivity index (χ0v) is 12.2. The van der Waals surface area contributed by atoms with Gasteiger partial charge in [-0.2, -0.15) is 0 Å². The molecule has 4 heteroatoms. The molecule has 0 spiro atoms. The number of hydrogen-bond acceptors (Lipinski definition) is 3. The minimum Gasteiger partial charge on any atom is -0.491 e. The number of carbonyl (C=O) groups excluding carboxylic acids is 1. The van der Waals surface area contributed by atoms with Crippen LogP contribution in [-0.2, 0) is 0 Å². The van der Waals surface area contributed by atoms with Crippen molar-refractivity contribution in [2.24, 2.45) is 0 Å². The van der Waals surface area contributed by atoms with Crippen LogP contribution in [0.2, 0.25) is 0 Å². The van der Waals surface area contributed by atoms with Gasteiger partial charge in [0.05, 0.1) is 6.10 Å². The van der Waals surface area contributed by atoms with Crippen molar-refractivity contribution < 1.29 is 9.53 Å². The quantitative estimate of drug-likeness (QED) is 0.794. The smallest absolute Gasteiger partial charge is 0.251 e. The summed E-state index contributed by atoms with van der Waals surface area (Å²) in [7, 11) is 1.87. The average molecular weight is 264 g/mol. The van der Waals surface area contributed by atoms with Gasteiger partial charge in [0, 0.05) is 18.2 Å². The Balaban J connectivity index is 2.53. The van der Waals surface area contributed by atoms with E-state index >= 15 is 0 Å².